The van der Waals surface area contributed by atoms with Gasteiger partial charge in [-0.25, -0.2) is 5.10 Å². The molecule has 1 heterocycles. The van der Waals surface area contributed by atoms with Crippen LogP contribution in [0.15, 0.2) is 0 Å². The average Bonchev–Trinajstić information content (AvgIpc) is 2.47. The minimum Gasteiger partial charge on any atom is -0.354 e. The summed E-state index contributed by atoms with van der Waals surface area (Å²) < 4.78 is 0. The van der Waals surface area contributed by atoms with Crippen LogP contribution in [0, 0.1) is 5.41 Å². The number of hydrogen-bond donors (Lipinski definition) is 2. The van der Waals surface area contributed by atoms with Gasteiger partial charge in [-0.2, -0.15) is 4.98 Å². The number of rotatable bonds is 3. The quantitative estimate of drug-likeness (QED) is 0.767. The lowest BCUT2D eigenvalue weighted by Gasteiger charge is -2.17. The predicted molar refractivity (Wildman–Crippen MR) is 58.7 cm³/mol. The maximum absolute atomic E-state index is 4.26. The van der Waals surface area contributed by atoms with Gasteiger partial charge in [0.15, 0.2) is 0 Å². The van der Waals surface area contributed by atoms with Crippen molar-refractivity contribution in [2.45, 2.75) is 20.8 Å². The van der Waals surface area contributed by atoms with Crippen LogP contribution in [-0.4, -0.2) is 35.8 Å². The molecular weight excluding hydrogens is 178 g/mol. The van der Waals surface area contributed by atoms with E-state index in [2.05, 4.69) is 41.3 Å². The summed E-state index contributed by atoms with van der Waals surface area (Å²) in [6.07, 6.45) is 0. The Morgan fingerprint density at radius 1 is 1.36 bits per heavy atom. The molecule has 0 bridgehead atoms. The molecule has 0 spiro atoms. The molecule has 5 heteroatoms. The monoisotopic (exact) mass is 197 g/mol. The molecule has 1 rings (SSSR count). The number of aromatic nitrogens is 3. The van der Waals surface area contributed by atoms with Crippen LogP contribution in [0.5, 0.6) is 0 Å². The smallest absolute Gasteiger partial charge is 0.245 e. The van der Waals surface area contributed by atoms with Gasteiger partial charge in [0.05, 0.1) is 0 Å². The summed E-state index contributed by atoms with van der Waals surface area (Å²) in [5, 5.41) is 10.1. The molecule has 0 radical (unpaired) electrons. The molecule has 0 aromatic carbocycles. The summed E-state index contributed by atoms with van der Waals surface area (Å²) in [4.78, 5) is 6.12. The van der Waals surface area contributed by atoms with Crippen LogP contribution in [0.2, 0.25) is 0 Å². The van der Waals surface area contributed by atoms with E-state index >= 15 is 0 Å². The molecule has 2 N–H and O–H groups in total. The van der Waals surface area contributed by atoms with Crippen molar-refractivity contribution in [3.8, 4) is 0 Å². The summed E-state index contributed by atoms with van der Waals surface area (Å²) in [6.45, 7) is 7.38. The summed E-state index contributed by atoms with van der Waals surface area (Å²) in [6, 6.07) is 0. The first-order valence-electron chi connectivity index (χ1n) is 4.72. The zero-order valence-electron chi connectivity index (χ0n) is 9.55. The second kappa shape index (κ2) is 3.86. The summed E-state index contributed by atoms with van der Waals surface area (Å²) in [5.74, 6) is 1.42. The number of anilines is 2. The highest BCUT2D eigenvalue weighted by atomic mass is 15.4. The van der Waals surface area contributed by atoms with Gasteiger partial charge in [-0.05, 0) is 5.41 Å². The zero-order valence-corrected chi connectivity index (χ0v) is 9.55. The number of H-pyrrole nitrogens is 1. The van der Waals surface area contributed by atoms with E-state index in [0.29, 0.717) is 5.95 Å². The highest BCUT2D eigenvalue weighted by molar-refractivity contribution is 5.34. The van der Waals surface area contributed by atoms with Gasteiger partial charge in [0.25, 0.3) is 0 Å². The maximum Gasteiger partial charge on any atom is 0.245 e. The normalized spacial score (nSPS) is 11.5. The summed E-state index contributed by atoms with van der Waals surface area (Å²) in [5.41, 5.74) is 0.241. The highest BCUT2D eigenvalue weighted by Crippen LogP contribution is 2.14. The van der Waals surface area contributed by atoms with Crippen molar-refractivity contribution >= 4 is 11.9 Å². The first-order chi connectivity index (χ1) is 6.38. The van der Waals surface area contributed by atoms with E-state index < -0.39 is 0 Å². The third-order valence-corrected chi connectivity index (χ3v) is 1.66. The number of hydrogen-bond acceptors (Lipinski definition) is 4. The molecule has 1 aromatic heterocycles. The molecule has 0 aliphatic rings. The third kappa shape index (κ3) is 3.24. The van der Waals surface area contributed by atoms with Gasteiger partial charge in [0, 0.05) is 20.6 Å². The van der Waals surface area contributed by atoms with E-state index in [1.807, 2.05) is 19.0 Å². The second-order valence-corrected chi connectivity index (χ2v) is 4.79. The van der Waals surface area contributed by atoms with Gasteiger partial charge in [0.1, 0.15) is 0 Å². The maximum atomic E-state index is 4.26. The van der Waals surface area contributed by atoms with Gasteiger partial charge in [-0.1, -0.05) is 20.8 Å². The molecule has 5 nitrogen and oxygen atoms in total. The lowest BCUT2D eigenvalue weighted by atomic mass is 9.97. The van der Waals surface area contributed by atoms with Crippen LogP contribution < -0.4 is 10.2 Å². The minimum absolute atomic E-state index is 0.241. The molecule has 1 aromatic rings. The van der Waals surface area contributed by atoms with Crippen molar-refractivity contribution in [2.75, 3.05) is 30.9 Å². The summed E-state index contributed by atoms with van der Waals surface area (Å²) >= 11 is 0. The van der Waals surface area contributed by atoms with E-state index in [9.17, 15) is 0 Å². The Morgan fingerprint density at radius 2 is 2.00 bits per heavy atom. The standard InChI is InChI=1S/C9H19N5/c1-9(2,3)6-10-7-11-8(13-12-7)14(4)5/h6H2,1-5H3,(H2,10,11,12,13). The average molecular weight is 197 g/mol. The Kier molecular flexibility index (Phi) is 2.98. The number of nitrogens with zero attached hydrogens (tertiary/aromatic N) is 3. The van der Waals surface area contributed by atoms with Gasteiger partial charge >= 0.3 is 0 Å². The Bertz CT molecular complexity index is 284. The molecule has 14 heavy (non-hydrogen) atoms. The Labute approximate surface area is 84.9 Å². The minimum atomic E-state index is 0.241. The van der Waals surface area contributed by atoms with E-state index in [1.54, 1.807) is 0 Å². The molecule has 0 amide bonds. The fraction of sp³-hybridized carbons (Fsp3) is 0.778. The largest absolute Gasteiger partial charge is 0.354 e. The number of aromatic amines is 1. The lowest BCUT2D eigenvalue weighted by Crippen LogP contribution is -2.19. The molecule has 0 fully saturated rings. The van der Waals surface area contributed by atoms with E-state index in [1.165, 1.54) is 0 Å². The van der Waals surface area contributed by atoms with Crippen LogP contribution in [0.3, 0.4) is 0 Å². The van der Waals surface area contributed by atoms with Crippen molar-refractivity contribution in [1.29, 1.82) is 0 Å². The second-order valence-electron chi connectivity index (χ2n) is 4.79. The first kappa shape index (κ1) is 10.8. The SMILES string of the molecule is CN(C)c1n[nH]c(NCC(C)(C)C)n1. The fourth-order valence-corrected chi connectivity index (χ4v) is 0.881. The van der Waals surface area contributed by atoms with Crippen molar-refractivity contribution in [2.24, 2.45) is 5.41 Å². The molecule has 0 aliphatic carbocycles. The predicted octanol–water partition coefficient (Wildman–Crippen LogP) is 1.33. The molecule has 0 unspecified atom stereocenters. The van der Waals surface area contributed by atoms with Gasteiger partial charge < -0.3 is 10.2 Å². The van der Waals surface area contributed by atoms with Crippen LogP contribution in [0.25, 0.3) is 0 Å². The van der Waals surface area contributed by atoms with Crippen molar-refractivity contribution in [1.82, 2.24) is 15.2 Å². The van der Waals surface area contributed by atoms with E-state index in [0.717, 1.165) is 12.5 Å². The van der Waals surface area contributed by atoms with Gasteiger partial charge in [-0.15, -0.1) is 5.10 Å². The topological polar surface area (TPSA) is 56.8 Å². The van der Waals surface area contributed by atoms with Crippen molar-refractivity contribution < 1.29 is 0 Å². The van der Waals surface area contributed by atoms with Crippen LogP contribution >= 0.6 is 0 Å². The molecule has 0 saturated heterocycles. The van der Waals surface area contributed by atoms with Gasteiger partial charge in [-0.3, -0.25) is 0 Å². The van der Waals surface area contributed by atoms with Crippen molar-refractivity contribution in [3.05, 3.63) is 0 Å². The van der Waals surface area contributed by atoms with Crippen LogP contribution in [-0.2, 0) is 0 Å². The number of nitrogens with one attached hydrogen (secondary N) is 2. The Morgan fingerprint density at radius 3 is 2.43 bits per heavy atom. The molecule has 0 aliphatic heterocycles. The van der Waals surface area contributed by atoms with E-state index in [-0.39, 0.29) is 5.41 Å². The first-order valence-corrected chi connectivity index (χ1v) is 4.72. The Hall–Kier alpha value is -1.26. The Balaban J connectivity index is 2.52. The van der Waals surface area contributed by atoms with E-state index in [4.69, 9.17) is 0 Å². The fourth-order valence-electron chi connectivity index (χ4n) is 0.881. The lowest BCUT2D eigenvalue weighted by molar-refractivity contribution is 0.442. The highest BCUT2D eigenvalue weighted by Gasteiger charge is 2.11. The third-order valence-electron chi connectivity index (χ3n) is 1.66. The summed E-state index contributed by atoms with van der Waals surface area (Å²) in [7, 11) is 3.83. The molecular formula is C9H19N5. The molecule has 0 saturated carbocycles. The van der Waals surface area contributed by atoms with Crippen LogP contribution in [0.1, 0.15) is 20.8 Å². The zero-order chi connectivity index (χ0) is 10.8. The molecule has 0 atom stereocenters. The van der Waals surface area contributed by atoms with Crippen LogP contribution in [0.4, 0.5) is 11.9 Å². The van der Waals surface area contributed by atoms with Gasteiger partial charge in [0.2, 0.25) is 11.9 Å². The molecule has 80 valence electrons. The van der Waals surface area contributed by atoms with Crippen molar-refractivity contribution in [3.63, 3.8) is 0 Å².